The van der Waals surface area contributed by atoms with Crippen molar-refractivity contribution in [3.05, 3.63) is 34.3 Å². The molecule has 1 aromatic carbocycles. The molecule has 4 atom stereocenters. The highest BCUT2D eigenvalue weighted by molar-refractivity contribution is 9.10. The Morgan fingerprint density at radius 1 is 1.38 bits per heavy atom. The van der Waals surface area contributed by atoms with Gasteiger partial charge in [-0.15, -0.1) is 12.4 Å². The van der Waals surface area contributed by atoms with Crippen LogP contribution in [0.1, 0.15) is 37.7 Å². The van der Waals surface area contributed by atoms with E-state index in [-0.39, 0.29) is 24.2 Å². The van der Waals surface area contributed by atoms with Gasteiger partial charge in [-0.2, -0.15) is 0 Å². The molecule has 0 spiro atoms. The van der Waals surface area contributed by atoms with E-state index >= 15 is 0 Å². The lowest BCUT2D eigenvalue weighted by Crippen LogP contribution is -2.47. The predicted octanol–water partition coefficient (Wildman–Crippen LogP) is 3.23. The van der Waals surface area contributed by atoms with Gasteiger partial charge in [-0.05, 0) is 56.3 Å². The Bertz CT molecular complexity index is 511. The number of halogens is 2. The smallest absolute Gasteiger partial charge is 0.223 e. The molecule has 1 aliphatic heterocycles. The molecule has 1 amide bonds. The number of rotatable bonds is 3. The average molecular weight is 374 g/mol. The van der Waals surface area contributed by atoms with Crippen LogP contribution in [0.5, 0.6) is 0 Å². The van der Waals surface area contributed by atoms with Crippen molar-refractivity contribution >= 4 is 34.2 Å². The van der Waals surface area contributed by atoms with E-state index in [0.29, 0.717) is 18.0 Å². The minimum absolute atomic E-state index is 0. The lowest BCUT2D eigenvalue weighted by Gasteiger charge is -2.28. The Hall–Kier alpha value is -0.580. The van der Waals surface area contributed by atoms with E-state index in [0.717, 1.165) is 30.3 Å². The van der Waals surface area contributed by atoms with Gasteiger partial charge in [0.2, 0.25) is 5.91 Å². The molecule has 116 valence electrons. The summed E-state index contributed by atoms with van der Waals surface area (Å²) in [7, 11) is 0. The number of benzene rings is 1. The third kappa shape index (κ3) is 4.21. The topological polar surface area (TPSA) is 41.1 Å². The Morgan fingerprint density at radius 2 is 2.19 bits per heavy atom. The Kier molecular flexibility index (Phi) is 5.69. The van der Waals surface area contributed by atoms with Crippen LogP contribution in [0.4, 0.5) is 0 Å². The fourth-order valence-corrected chi connectivity index (χ4v) is 3.58. The zero-order chi connectivity index (χ0) is 14.1. The Balaban J connectivity index is 0.00000161. The second kappa shape index (κ2) is 7.12. The first-order chi connectivity index (χ1) is 9.63. The van der Waals surface area contributed by atoms with Crippen molar-refractivity contribution in [1.82, 2.24) is 10.6 Å². The quantitative estimate of drug-likeness (QED) is 0.854. The minimum atomic E-state index is 0. The average Bonchev–Trinajstić information content (AvgIpc) is 3.19. The van der Waals surface area contributed by atoms with Crippen LogP contribution in [0.15, 0.2) is 28.7 Å². The van der Waals surface area contributed by atoms with Crippen molar-refractivity contribution < 1.29 is 4.79 Å². The first-order valence-corrected chi connectivity index (χ1v) is 8.22. The third-order valence-corrected chi connectivity index (χ3v) is 4.87. The molecule has 5 heteroatoms. The van der Waals surface area contributed by atoms with Crippen LogP contribution in [-0.2, 0) is 4.79 Å². The van der Waals surface area contributed by atoms with Crippen LogP contribution in [-0.4, -0.2) is 24.5 Å². The van der Waals surface area contributed by atoms with Crippen molar-refractivity contribution in [2.24, 2.45) is 5.92 Å². The molecule has 3 rings (SSSR count). The summed E-state index contributed by atoms with van der Waals surface area (Å²) in [6.07, 6.45) is 3.08. The van der Waals surface area contributed by atoms with E-state index in [1.54, 1.807) is 0 Å². The molecule has 0 radical (unpaired) electrons. The van der Waals surface area contributed by atoms with Crippen LogP contribution < -0.4 is 10.6 Å². The van der Waals surface area contributed by atoms with Gasteiger partial charge in [-0.1, -0.05) is 28.1 Å². The Labute approximate surface area is 140 Å². The first-order valence-electron chi connectivity index (χ1n) is 7.42. The molecule has 2 N–H and O–H groups in total. The van der Waals surface area contributed by atoms with E-state index in [1.165, 1.54) is 5.56 Å². The highest BCUT2D eigenvalue weighted by Gasteiger charge is 2.44. The van der Waals surface area contributed by atoms with E-state index in [4.69, 9.17) is 0 Å². The number of hydrogen-bond donors (Lipinski definition) is 2. The normalized spacial score (nSPS) is 31.1. The number of carbonyl (C=O) groups is 1. The van der Waals surface area contributed by atoms with Crippen LogP contribution in [0.25, 0.3) is 0 Å². The van der Waals surface area contributed by atoms with E-state index in [2.05, 4.69) is 45.6 Å². The fourth-order valence-electron chi connectivity index (χ4n) is 3.16. The summed E-state index contributed by atoms with van der Waals surface area (Å²) < 4.78 is 1.09. The van der Waals surface area contributed by atoms with Crippen LogP contribution in [0.3, 0.4) is 0 Å². The molecule has 1 saturated heterocycles. The molecule has 2 fully saturated rings. The zero-order valence-corrected chi connectivity index (χ0v) is 14.5. The number of hydrogen-bond acceptors (Lipinski definition) is 2. The van der Waals surface area contributed by atoms with Crippen LogP contribution >= 0.6 is 28.3 Å². The highest BCUT2D eigenvalue weighted by Crippen LogP contribution is 2.48. The number of piperidine rings is 1. The highest BCUT2D eigenvalue weighted by atomic mass is 79.9. The molecule has 21 heavy (non-hydrogen) atoms. The van der Waals surface area contributed by atoms with Gasteiger partial charge in [0.15, 0.2) is 0 Å². The number of amides is 1. The molecule has 0 bridgehead atoms. The molecule has 1 heterocycles. The second-order valence-electron chi connectivity index (χ2n) is 6.09. The molecular weight excluding hydrogens is 352 g/mol. The van der Waals surface area contributed by atoms with Crippen molar-refractivity contribution in [2.75, 3.05) is 6.54 Å². The summed E-state index contributed by atoms with van der Waals surface area (Å²) in [6.45, 7) is 3.19. The minimum Gasteiger partial charge on any atom is -0.353 e. The Morgan fingerprint density at radius 3 is 2.90 bits per heavy atom. The molecule has 4 unspecified atom stereocenters. The molecule has 1 saturated carbocycles. The maximum absolute atomic E-state index is 12.3. The largest absolute Gasteiger partial charge is 0.353 e. The molecule has 1 aliphatic carbocycles. The van der Waals surface area contributed by atoms with Gasteiger partial charge in [0.1, 0.15) is 0 Å². The van der Waals surface area contributed by atoms with Crippen molar-refractivity contribution in [3.8, 4) is 0 Å². The maximum Gasteiger partial charge on any atom is 0.223 e. The van der Waals surface area contributed by atoms with Gasteiger partial charge in [-0.25, -0.2) is 0 Å². The second-order valence-corrected chi connectivity index (χ2v) is 7.00. The molecule has 0 aromatic heterocycles. The van der Waals surface area contributed by atoms with Crippen LogP contribution in [0, 0.1) is 5.92 Å². The predicted molar refractivity (Wildman–Crippen MR) is 90.9 cm³/mol. The summed E-state index contributed by atoms with van der Waals surface area (Å²) in [5, 5.41) is 6.65. The molecular formula is C16H22BrClN2O. The first kappa shape index (κ1) is 16.8. The lowest BCUT2D eigenvalue weighted by molar-refractivity contribution is -0.123. The monoisotopic (exact) mass is 372 g/mol. The lowest BCUT2D eigenvalue weighted by atomic mass is 10.0. The molecule has 2 aliphatic rings. The number of carbonyl (C=O) groups excluding carboxylic acids is 1. The number of nitrogens with one attached hydrogen (secondary N) is 2. The van der Waals surface area contributed by atoms with Gasteiger partial charge in [-0.3, -0.25) is 4.79 Å². The zero-order valence-electron chi connectivity index (χ0n) is 12.1. The van der Waals surface area contributed by atoms with Gasteiger partial charge < -0.3 is 10.6 Å². The van der Waals surface area contributed by atoms with E-state index in [1.807, 2.05) is 12.1 Å². The van der Waals surface area contributed by atoms with Crippen molar-refractivity contribution in [2.45, 2.75) is 44.2 Å². The summed E-state index contributed by atoms with van der Waals surface area (Å²) in [6, 6.07) is 9.18. The summed E-state index contributed by atoms with van der Waals surface area (Å²) in [4.78, 5) is 12.3. The van der Waals surface area contributed by atoms with Crippen molar-refractivity contribution in [1.29, 1.82) is 0 Å². The summed E-state index contributed by atoms with van der Waals surface area (Å²) >= 11 is 3.49. The van der Waals surface area contributed by atoms with Crippen LogP contribution in [0.2, 0.25) is 0 Å². The standard InChI is InChI=1S/C16H21BrN2O.ClH/c1-10-7-13(5-6-18-10)19-16(20)15-9-14(15)11-3-2-4-12(17)8-11;/h2-4,8,10,13-15,18H,5-7,9H2,1H3,(H,19,20);1H. The van der Waals surface area contributed by atoms with E-state index < -0.39 is 0 Å². The van der Waals surface area contributed by atoms with Gasteiger partial charge >= 0.3 is 0 Å². The SMILES string of the molecule is CC1CC(NC(=O)C2CC2c2cccc(Br)c2)CCN1.Cl. The van der Waals surface area contributed by atoms with E-state index in [9.17, 15) is 4.79 Å². The van der Waals surface area contributed by atoms with Gasteiger partial charge in [0, 0.05) is 22.5 Å². The van der Waals surface area contributed by atoms with Gasteiger partial charge in [0.25, 0.3) is 0 Å². The third-order valence-electron chi connectivity index (χ3n) is 4.37. The molecule has 3 nitrogen and oxygen atoms in total. The fraction of sp³-hybridized carbons (Fsp3) is 0.562. The molecule has 1 aromatic rings. The summed E-state index contributed by atoms with van der Waals surface area (Å²) in [5.74, 6) is 0.829. The summed E-state index contributed by atoms with van der Waals surface area (Å²) in [5.41, 5.74) is 1.28. The van der Waals surface area contributed by atoms with Gasteiger partial charge in [0.05, 0.1) is 0 Å². The maximum atomic E-state index is 12.3. The van der Waals surface area contributed by atoms with Crippen molar-refractivity contribution in [3.63, 3.8) is 0 Å².